The maximum absolute atomic E-state index is 13.4. The average molecular weight is 410 g/mol. The van der Waals surface area contributed by atoms with Crippen molar-refractivity contribution in [2.45, 2.75) is 32.4 Å². The second-order valence-corrected chi connectivity index (χ2v) is 8.18. The largest absolute Gasteiger partial charge is 0.497 e. The summed E-state index contributed by atoms with van der Waals surface area (Å²) in [5.41, 5.74) is 2.10. The predicted octanol–water partition coefficient (Wildman–Crippen LogP) is 3.49. The smallest absolute Gasteiger partial charge is 0.317 e. The third-order valence-electron chi connectivity index (χ3n) is 5.50. The van der Waals surface area contributed by atoms with Gasteiger partial charge < -0.3 is 19.9 Å². The summed E-state index contributed by atoms with van der Waals surface area (Å²) in [6, 6.07) is 17.6. The van der Waals surface area contributed by atoms with Crippen LogP contribution in [0.3, 0.4) is 0 Å². The van der Waals surface area contributed by atoms with E-state index in [1.807, 2.05) is 75.5 Å². The van der Waals surface area contributed by atoms with Crippen LogP contribution in [0.5, 0.6) is 5.75 Å². The maximum Gasteiger partial charge on any atom is 0.317 e. The van der Waals surface area contributed by atoms with Crippen molar-refractivity contribution in [3.63, 3.8) is 0 Å². The Balaban J connectivity index is 1.83. The third kappa shape index (κ3) is 5.12. The van der Waals surface area contributed by atoms with Gasteiger partial charge in [0.1, 0.15) is 5.75 Å². The van der Waals surface area contributed by atoms with E-state index >= 15 is 0 Å². The molecule has 2 atom stereocenters. The van der Waals surface area contributed by atoms with Gasteiger partial charge in [-0.3, -0.25) is 4.79 Å². The SMILES string of the molecule is COc1cccc(C2CN(C(=O)NC(C)C)CC2C(=O)N(C)Cc2ccccc2)c1. The molecule has 0 radical (unpaired) electrons. The highest BCUT2D eigenvalue weighted by atomic mass is 16.5. The van der Waals surface area contributed by atoms with Gasteiger partial charge in [-0.1, -0.05) is 42.5 Å². The van der Waals surface area contributed by atoms with Crippen LogP contribution in [0.2, 0.25) is 0 Å². The van der Waals surface area contributed by atoms with Crippen LogP contribution in [0, 0.1) is 5.92 Å². The van der Waals surface area contributed by atoms with Gasteiger partial charge >= 0.3 is 6.03 Å². The van der Waals surface area contributed by atoms with Crippen molar-refractivity contribution < 1.29 is 14.3 Å². The molecule has 2 aromatic rings. The Bertz CT molecular complexity index is 869. The molecule has 3 rings (SSSR count). The monoisotopic (exact) mass is 409 g/mol. The van der Waals surface area contributed by atoms with Crippen LogP contribution in [-0.2, 0) is 11.3 Å². The zero-order chi connectivity index (χ0) is 21.7. The number of hydrogen-bond acceptors (Lipinski definition) is 3. The zero-order valence-corrected chi connectivity index (χ0v) is 18.2. The van der Waals surface area contributed by atoms with Crippen LogP contribution in [-0.4, -0.2) is 55.0 Å². The van der Waals surface area contributed by atoms with Crippen LogP contribution < -0.4 is 10.1 Å². The normalized spacial score (nSPS) is 18.4. The van der Waals surface area contributed by atoms with E-state index in [0.717, 1.165) is 16.9 Å². The van der Waals surface area contributed by atoms with Gasteiger partial charge in [-0.05, 0) is 37.1 Å². The van der Waals surface area contributed by atoms with E-state index in [2.05, 4.69) is 5.32 Å². The lowest BCUT2D eigenvalue weighted by Gasteiger charge is -2.25. The fourth-order valence-corrected chi connectivity index (χ4v) is 3.99. The molecule has 2 unspecified atom stereocenters. The topological polar surface area (TPSA) is 61.9 Å². The first-order chi connectivity index (χ1) is 14.4. The zero-order valence-electron chi connectivity index (χ0n) is 18.2. The molecule has 1 fully saturated rings. The third-order valence-corrected chi connectivity index (χ3v) is 5.50. The highest BCUT2D eigenvalue weighted by Gasteiger charge is 2.41. The van der Waals surface area contributed by atoms with Gasteiger partial charge in [-0.25, -0.2) is 4.79 Å². The summed E-state index contributed by atoms with van der Waals surface area (Å²) in [5.74, 6) is 0.417. The Kier molecular flexibility index (Phi) is 6.98. The van der Waals surface area contributed by atoms with Crippen LogP contribution in [0.4, 0.5) is 4.79 Å². The fourth-order valence-electron chi connectivity index (χ4n) is 3.99. The van der Waals surface area contributed by atoms with Crippen LogP contribution >= 0.6 is 0 Å². The molecule has 0 aliphatic carbocycles. The van der Waals surface area contributed by atoms with Crippen molar-refractivity contribution >= 4 is 11.9 Å². The van der Waals surface area contributed by atoms with Gasteiger partial charge in [0.05, 0.1) is 13.0 Å². The molecule has 6 heteroatoms. The molecular formula is C24H31N3O3. The Morgan fingerprint density at radius 2 is 1.87 bits per heavy atom. The molecular weight excluding hydrogens is 378 g/mol. The minimum atomic E-state index is -0.302. The van der Waals surface area contributed by atoms with Crippen LogP contribution in [0.15, 0.2) is 54.6 Å². The molecule has 3 amide bonds. The number of nitrogens with zero attached hydrogens (tertiary/aromatic N) is 2. The first kappa shape index (κ1) is 21.7. The van der Waals surface area contributed by atoms with E-state index in [9.17, 15) is 9.59 Å². The Labute approximate surface area is 178 Å². The van der Waals surface area contributed by atoms with Crippen molar-refractivity contribution in [3.05, 3.63) is 65.7 Å². The number of likely N-dealkylation sites (tertiary alicyclic amines) is 1. The summed E-state index contributed by atoms with van der Waals surface area (Å²) in [5, 5.41) is 2.95. The molecule has 0 spiro atoms. The number of urea groups is 1. The number of rotatable bonds is 6. The average Bonchev–Trinajstić information content (AvgIpc) is 3.19. The number of nitrogens with one attached hydrogen (secondary N) is 1. The van der Waals surface area contributed by atoms with Crippen LogP contribution in [0.25, 0.3) is 0 Å². The highest BCUT2D eigenvalue weighted by molar-refractivity contribution is 5.83. The van der Waals surface area contributed by atoms with Gasteiger partial charge in [0, 0.05) is 38.6 Å². The summed E-state index contributed by atoms with van der Waals surface area (Å²) < 4.78 is 5.38. The highest BCUT2D eigenvalue weighted by Crippen LogP contribution is 2.35. The minimum absolute atomic E-state index is 0.0447. The number of amides is 3. The van der Waals surface area contributed by atoms with Gasteiger partial charge in [0.2, 0.25) is 5.91 Å². The molecule has 1 N–H and O–H groups in total. The molecule has 0 aromatic heterocycles. The minimum Gasteiger partial charge on any atom is -0.497 e. The van der Waals surface area contributed by atoms with Gasteiger partial charge in [0.15, 0.2) is 0 Å². The Morgan fingerprint density at radius 3 is 2.53 bits per heavy atom. The number of carbonyl (C=O) groups is 2. The second kappa shape index (κ2) is 9.65. The van der Waals surface area contributed by atoms with Crippen LogP contribution in [0.1, 0.15) is 30.9 Å². The molecule has 1 heterocycles. The number of hydrogen-bond donors (Lipinski definition) is 1. The van der Waals surface area contributed by atoms with Crippen molar-refractivity contribution in [1.29, 1.82) is 0 Å². The van der Waals surface area contributed by atoms with E-state index in [1.165, 1.54) is 0 Å². The number of carbonyl (C=O) groups excluding carboxylic acids is 2. The van der Waals surface area contributed by atoms with E-state index in [1.54, 1.807) is 16.9 Å². The quantitative estimate of drug-likeness (QED) is 0.795. The van der Waals surface area contributed by atoms with Crippen molar-refractivity contribution in [2.75, 3.05) is 27.2 Å². The van der Waals surface area contributed by atoms with Crippen molar-refractivity contribution in [2.24, 2.45) is 5.92 Å². The summed E-state index contributed by atoms with van der Waals surface area (Å²) in [7, 11) is 3.46. The van der Waals surface area contributed by atoms with Gasteiger partial charge in [-0.15, -0.1) is 0 Å². The number of benzene rings is 2. The molecule has 1 aliphatic rings. The summed E-state index contributed by atoms with van der Waals surface area (Å²) in [4.78, 5) is 29.6. The molecule has 0 saturated carbocycles. The second-order valence-electron chi connectivity index (χ2n) is 8.18. The number of methoxy groups -OCH3 is 1. The molecule has 1 saturated heterocycles. The van der Waals surface area contributed by atoms with E-state index in [-0.39, 0.29) is 29.8 Å². The predicted molar refractivity (Wildman–Crippen MR) is 117 cm³/mol. The Morgan fingerprint density at radius 1 is 1.13 bits per heavy atom. The first-order valence-corrected chi connectivity index (χ1v) is 10.4. The maximum atomic E-state index is 13.4. The molecule has 6 nitrogen and oxygen atoms in total. The summed E-state index contributed by atoms with van der Waals surface area (Å²) in [6.07, 6.45) is 0. The van der Waals surface area contributed by atoms with Crippen molar-refractivity contribution in [1.82, 2.24) is 15.1 Å². The van der Waals surface area contributed by atoms with Crippen molar-refractivity contribution in [3.8, 4) is 5.75 Å². The lowest BCUT2D eigenvalue weighted by molar-refractivity contribution is -0.134. The van der Waals surface area contributed by atoms with E-state index in [4.69, 9.17) is 4.74 Å². The fraction of sp³-hybridized carbons (Fsp3) is 0.417. The Hall–Kier alpha value is -3.02. The summed E-state index contributed by atoms with van der Waals surface area (Å²) in [6.45, 7) is 5.31. The number of ether oxygens (including phenoxy) is 1. The van der Waals surface area contributed by atoms with Gasteiger partial charge in [0.25, 0.3) is 0 Å². The standard InChI is InChI=1S/C24H31N3O3/c1-17(2)25-24(29)27-15-21(19-11-8-12-20(13-19)30-4)22(16-27)23(28)26(3)14-18-9-6-5-7-10-18/h5-13,17,21-22H,14-16H2,1-4H3,(H,25,29). The van der Waals surface area contributed by atoms with E-state index in [0.29, 0.717) is 19.6 Å². The molecule has 2 aromatic carbocycles. The van der Waals surface area contributed by atoms with E-state index < -0.39 is 0 Å². The van der Waals surface area contributed by atoms with Gasteiger partial charge in [-0.2, -0.15) is 0 Å². The summed E-state index contributed by atoms with van der Waals surface area (Å²) >= 11 is 0. The molecule has 160 valence electrons. The first-order valence-electron chi connectivity index (χ1n) is 10.4. The molecule has 0 bridgehead atoms. The lowest BCUT2D eigenvalue weighted by Crippen LogP contribution is -2.42. The lowest BCUT2D eigenvalue weighted by atomic mass is 9.88. The molecule has 30 heavy (non-hydrogen) atoms. The molecule has 1 aliphatic heterocycles.